The summed E-state index contributed by atoms with van der Waals surface area (Å²) in [6.07, 6.45) is 1.48. The summed E-state index contributed by atoms with van der Waals surface area (Å²) in [4.78, 5) is 26.7. The maximum atomic E-state index is 12.2. The molecule has 0 saturated heterocycles. The Balaban J connectivity index is 2.07. The Hall–Kier alpha value is -2.21. The number of aromatic nitrogens is 1. The summed E-state index contributed by atoms with van der Waals surface area (Å²) in [7, 11) is 0. The molecule has 2 aromatic rings. The highest BCUT2D eigenvalue weighted by atomic mass is 32.2. The van der Waals surface area contributed by atoms with Crippen molar-refractivity contribution in [2.45, 2.75) is 31.2 Å². The van der Waals surface area contributed by atoms with Crippen LogP contribution in [0, 0.1) is 10.1 Å². The highest BCUT2D eigenvalue weighted by molar-refractivity contribution is 8.00. The molecule has 0 spiro atoms. The summed E-state index contributed by atoms with van der Waals surface area (Å²) < 4.78 is 0. The molecule has 0 atom stereocenters. The van der Waals surface area contributed by atoms with E-state index in [1.807, 2.05) is 12.1 Å². The topological polar surface area (TPSA) is 73.1 Å². The second kappa shape index (κ2) is 6.91. The summed E-state index contributed by atoms with van der Waals surface area (Å²) in [5.41, 5.74) is 1.71. The first-order valence-corrected chi connectivity index (χ1v) is 8.13. The highest BCUT2D eigenvalue weighted by Gasteiger charge is 2.17. The van der Waals surface area contributed by atoms with Crippen LogP contribution in [0.4, 0.5) is 5.69 Å². The van der Waals surface area contributed by atoms with Crippen molar-refractivity contribution in [1.82, 2.24) is 4.98 Å². The SMILES string of the molecule is CC(C)(C)c1ccc(C(=O)CSc2ncccc2[N+](=O)[O-])cc1. The lowest BCUT2D eigenvalue weighted by Gasteiger charge is -2.18. The molecule has 1 heterocycles. The van der Waals surface area contributed by atoms with E-state index in [2.05, 4.69) is 25.8 Å². The van der Waals surface area contributed by atoms with Crippen molar-refractivity contribution in [2.75, 3.05) is 5.75 Å². The molecule has 23 heavy (non-hydrogen) atoms. The number of rotatable bonds is 5. The van der Waals surface area contributed by atoms with E-state index in [1.54, 1.807) is 12.1 Å². The van der Waals surface area contributed by atoms with Gasteiger partial charge in [-0.05, 0) is 17.0 Å². The van der Waals surface area contributed by atoms with E-state index < -0.39 is 4.92 Å². The second-order valence-electron chi connectivity index (χ2n) is 6.12. The third-order valence-electron chi connectivity index (χ3n) is 3.36. The molecule has 0 bridgehead atoms. The second-order valence-corrected chi connectivity index (χ2v) is 7.09. The van der Waals surface area contributed by atoms with Crippen molar-refractivity contribution in [1.29, 1.82) is 0 Å². The molecular formula is C17H18N2O3S. The van der Waals surface area contributed by atoms with Crippen LogP contribution in [-0.4, -0.2) is 21.4 Å². The van der Waals surface area contributed by atoms with Gasteiger partial charge in [-0.25, -0.2) is 4.98 Å². The molecule has 0 fully saturated rings. The fraction of sp³-hybridized carbons (Fsp3) is 0.294. The summed E-state index contributed by atoms with van der Waals surface area (Å²) >= 11 is 1.09. The molecule has 0 unspecified atom stereocenters. The van der Waals surface area contributed by atoms with Gasteiger partial charge in [0.25, 0.3) is 0 Å². The Bertz CT molecular complexity index is 721. The number of carbonyl (C=O) groups is 1. The maximum Gasteiger partial charge on any atom is 0.301 e. The molecular weight excluding hydrogens is 312 g/mol. The fourth-order valence-electron chi connectivity index (χ4n) is 2.01. The molecule has 0 amide bonds. The van der Waals surface area contributed by atoms with Crippen molar-refractivity contribution >= 4 is 23.2 Å². The average Bonchev–Trinajstić information content (AvgIpc) is 2.52. The molecule has 0 aliphatic carbocycles. The lowest BCUT2D eigenvalue weighted by Crippen LogP contribution is -2.11. The molecule has 0 saturated carbocycles. The molecule has 5 nitrogen and oxygen atoms in total. The third-order valence-corrected chi connectivity index (χ3v) is 4.36. The number of Topliss-reactive ketones (excluding diaryl/α,β-unsaturated/α-hetero) is 1. The molecule has 0 aliphatic heterocycles. The number of carbonyl (C=O) groups excluding carboxylic acids is 1. The van der Waals surface area contributed by atoms with E-state index in [9.17, 15) is 14.9 Å². The molecule has 0 radical (unpaired) electrons. The molecule has 120 valence electrons. The molecule has 1 aromatic heterocycles. The van der Waals surface area contributed by atoms with Gasteiger partial charge < -0.3 is 0 Å². The number of nitro groups is 1. The van der Waals surface area contributed by atoms with E-state index in [0.29, 0.717) is 5.56 Å². The molecule has 0 N–H and O–H groups in total. The molecule has 6 heteroatoms. The monoisotopic (exact) mass is 330 g/mol. The number of hydrogen-bond acceptors (Lipinski definition) is 5. The summed E-state index contributed by atoms with van der Waals surface area (Å²) in [6.45, 7) is 6.33. The van der Waals surface area contributed by atoms with Crippen LogP contribution in [0.2, 0.25) is 0 Å². The largest absolute Gasteiger partial charge is 0.301 e. The van der Waals surface area contributed by atoms with Crippen LogP contribution in [0.15, 0.2) is 47.6 Å². The summed E-state index contributed by atoms with van der Waals surface area (Å²) in [5, 5.41) is 11.2. The van der Waals surface area contributed by atoms with E-state index in [1.165, 1.54) is 18.3 Å². The van der Waals surface area contributed by atoms with Gasteiger partial charge in [-0.2, -0.15) is 0 Å². The first kappa shape index (κ1) is 17.1. The van der Waals surface area contributed by atoms with Gasteiger partial charge in [0.05, 0.1) is 10.7 Å². The zero-order valence-corrected chi connectivity index (χ0v) is 14.1. The third kappa shape index (κ3) is 4.39. The minimum atomic E-state index is -0.488. The molecule has 2 rings (SSSR count). The van der Waals surface area contributed by atoms with Crippen LogP contribution in [-0.2, 0) is 5.41 Å². The van der Waals surface area contributed by atoms with Gasteiger partial charge in [-0.1, -0.05) is 56.8 Å². The van der Waals surface area contributed by atoms with Crippen molar-refractivity contribution in [3.05, 3.63) is 63.8 Å². The van der Waals surface area contributed by atoms with Crippen LogP contribution in [0.25, 0.3) is 0 Å². The van der Waals surface area contributed by atoms with Crippen molar-refractivity contribution < 1.29 is 9.72 Å². The first-order valence-electron chi connectivity index (χ1n) is 7.15. The van der Waals surface area contributed by atoms with E-state index in [-0.39, 0.29) is 27.7 Å². The van der Waals surface area contributed by atoms with Gasteiger partial charge in [0.1, 0.15) is 0 Å². The van der Waals surface area contributed by atoms with Gasteiger partial charge in [-0.15, -0.1) is 0 Å². The van der Waals surface area contributed by atoms with Crippen molar-refractivity contribution in [3.63, 3.8) is 0 Å². The predicted molar refractivity (Wildman–Crippen MR) is 91.1 cm³/mol. The lowest BCUT2D eigenvalue weighted by molar-refractivity contribution is -0.388. The van der Waals surface area contributed by atoms with Gasteiger partial charge in [0.2, 0.25) is 0 Å². The maximum absolute atomic E-state index is 12.2. The van der Waals surface area contributed by atoms with Crippen molar-refractivity contribution in [3.8, 4) is 0 Å². The number of pyridine rings is 1. The average molecular weight is 330 g/mol. The van der Waals surface area contributed by atoms with Crippen LogP contribution in [0.5, 0.6) is 0 Å². The summed E-state index contributed by atoms with van der Waals surface area (Å²) in [6, 6.07) is 10.4. The highest BCUT2D eigenvalue weighted by Crippen LogP contribution is 2.27. The molecule has 0 aliphatic rings. The number of nitrogens with zero attached hydrogens (tertiary/aromatic N) is 2. The Morgan fingerprint density at radius 3 is 2.43 bits per heavy atom. The van der Waals surface area contributed by atoms with Crippen LogP contribution >= 0.6 is 11.8 Å². The number of benzene rings is 1. The zero-order chi connectivity index (χ0) is 17.0. The lowest BCUT2D eigenvalue weighted by atomic mass is 9.86. The normalized spacial score (nSPS) is 11.3. The van der Waals surface area contributed by atoms with Crippen LogP contribution < -0.4 is 0 Å². The quantitative estimate of drug-likeness (QED) is 0.354. The van der Waals surface area contributed by atoms with E-state index >= 15 is 0 Å². The predicted octanol–water partition coefficient (Wildman–Crippen LogP) is 4.26. The number of ketones is 1. The minimum absolute atomic E-state index is 0.0326. The van der Waals surface area contributed by atoms with Crippen LogP contribution in [0.1, 0.15) is 36.7 Å². The van der Waals surface area contributed by atoms with E-state index in [4.69, 9.17) is 0 Å². The number of thioether (sulfide) groups is 1. The standard InChI is InChI=1S/C17H18N2O3S/c1-17(2,3)13-8-6-12(7-9-13)15(20)11-23-16-14(19(21)22)5-4-10-18-16/h4-10H,11H2,1-3H3. The van der Waals surface area contributed by atoms with E-state index in [0.717, 1.165) is 17.3 Å². The minimum Gasteiger partial charge on any atom is -0.293 e. The Labute approximate surface area is 139 Å². The Morgan fingerprint density at radius 1 is 1.22 bits per heavy atom. The Morgan fingerprint density at radius 2 is 1.87 bits per heavy atom. The zero-order valence-electron chi connectivity index (χ0n) is 13.3. The van der Waals surface area contributed by atoms with Crippen molar-refractivity contribution in [2.24, 2.45) is 0 Å². The first-order chi connectivity index (χ1) is 10.8. The van der Waals surface area contributed by atoms with Gasteiger partial charge in [0.15, 0.2) is 10.8 Å². The number of hydrogen-bond donors (Lipinski definition) is 0. The van der Waals surface area contributed by atoms with Gasteiger partial charge in [-0.3, -0.25) is 14.9 Å². The Kier molecular flexibility index (Phi) is 5.15. The van der Waals surface area contributed by atoms with Gasteiger partial charge >= 0.3 is 5.69 Å². The van der Waals surface area contributed by atoms with Crippen LogP contribution in [0.3, 0.4) is 0 Å². The fourth-order valence-corrected chi connectivity index (χ4v) is 2.87. The summed E-state index contributed by atoms with van der Waals surface area (Å²) in [5.74, 6) is 0.0441. The molecule has 1 aromatic carbocycles. The smallest absolute Gasteiger partial charge is 0.293 e. The van der Waals surface area contributed by atoms with Gasteiger partial charge in [0, 0.05) is 17.8 Å².